The van der Waals surface area contributed by atoms with Gasteiger partial charge in [-0.1, -0.05) is 12.8 Å². The molecule has 4 atom stereocenters. The van der Waals surface area contributed by atoms with E-state index in [0.29, 0.717) is 13.0 Å². The highest BCUT2D eigenvalue weighted by molar-refractivity contribution is 5.78. The Morgan fingerprint density at radius 2 is 1.85 bits per heavy atom. The number of rotatable bonds is 2. The zero-order valence-corrected chi connectivity index (χ0v) is 12.2. The van der Waals surface area contributed by atoms with Gasteiger partial charge in [-0.05, 0) is 26.2 Å². The van der Waals surface area contributed by atoms with Gasteiger partial charge in [0.25, 0.3) is 0 Å². The number of carboxylic acids is 1. The standard InChI is InChI=1S/C14H24N2O4/c1-9-10(13(18)19)7-8-16(9)14(20)15(2)11-5-3-4-6-12(11)17/h9-12,17H,3-8H2,1-2H3,(H,18,19). The summed E-state index contributed by atoms with van der Waals surface area (Å²) in [5.74, 6) is -1.32. The molecule has 2 aliphatic rings. The second-order valence-corrected chi connectivity index (χ2v) is 5.98. The van der Waals surface area contributed by atoms with Crippen LogP contribution < -0.4 is 0 Å². The lowest BCUT2D eigenvalue weighted by atomic mass is 9.92. The molecule has 2 rings (SSSR count). The number of amides is 2. The minimum atomic E-state index is -0.840. The quantitative estimate of drug-likeness (QED) is 0.796. The van der Waals surface area contributed by atoms with Crippen LogP contribution in [0.3, 0.4) is 0 Å². The molecule has 1 saturated heterocycles. The van der Waals surface area contributed by atoms with Gasteiger partial charge in [-0.15, -0.1) is 0 Å². The first-order chi connectivity index (χ1) is 9.43. The summed E-state index contributed by atoms with van der Waals surface area (Å²) in [7, 11) is 1.71. The summed E-state index contributed by atoms with van der Waals surface area (Å²) >= 11 is 0. The van der Waals surface area contributed by atoms with Gasteiger partial charge in [0.15, 0.2) is 0 Å². The molecule has 2 N–H and O–H groups in total. The normalized spacial score (nSPS) is 34.0. The molecule has 1 aliphatic carbocycles. The van der Waals surface area contributed by atoms with Crippen molar-refractivity contribution in [3.8, 4) is 0 Å². The van der Waals surface area contributed by atoms with Crippen LogP contribution in [0.25, 0.3) is 0 Å². The smallest absolute Gasteiger partial charge is 0.320 e. The van der Waals surface area contributed by atoms with Crippen LogP contribution in [0.5, 0.6) is 0 Å². The topological polar surface area (TPSA) is 81.1 Å². The van der Waals surface area contributed by atoms with E-state index in [0.717, 1.165) is 25.7 Å². The van der Waals surface area contributed by atoms with Gasteiger partial charge in [0.05, 0.1) is 18.1 Å². The molecule has 0 spiro atoms. The molecule has 6 heteroatoms. The zero-order chi connectivity index (χ0) is 14.9. The number of urea groups is 1. The largest absolute Gasteiger partial charge is 0.481 e. The van der Waals surface area contributed by atoms with Gasteiger partial charge in [-0.25, -0.2) is 4.79 Å². The van der Waals surface area contributed by atoms with Gasteiger partial charge in [0, 0.05) is 19.6 Å². The minimum absolute atomic E-state index is 0.146. The van der Waals surface area contributed by atoms with Crippen molar-refractivity contribution in [3.05, 3.63) is 0 Å². The van der Waals surface area contributed by atoms with Crippen molar-refractivity contribution in [2.75, 3.05) is 13.6 Å². The molecular formula is C14H24N2O4. The van der Waals surface area contributed by atoms with Crippen molar-refractivity contribution in [1.82, 2.24) is 9.80 Å². The Bertz CT molecular complexity index is 387. The van der Waals surface area contributed by atoms with Crippen molar-refractivity contribution in [2.45, 2.75) is 57.2 Å². The van der Waals surface area contributed by atoms with E-state index in [9.17, 15) is 14.7 Å². The summed E-state index contributed by atoms with van der Waals surface area (Å²) in [6, 6.07) is -0.595. The minimum Gasteiger partial charge on any atom is -0.481 e. The molecular weight excluding hydrogens is 260 g/mol. The number of carbonyl (C=O) groups excluding carboxylic acids is 1. The van der Waals surface area contributed by atoms with Gasteiger partial charge in [0.1, 0.15) is 0 Å². The van der Waals surface area contributed by atoms with E-state index in [4.69, 9.17) is 5.11 Å². The molecule has 0 radical (unpaired) electrons. The number of nitrogens with zero attached hydrogens (tertiary/aromatic N) is 2. The lowest BCUT2D eigenvalue weighted by Crippen LogP contribution is -2.52. The Balaban J connectivity index is 2.02. The fourth-order valence-corrected chi connectivity index (χ4v) is 3.43. The third-order valence-electron chi connectivity index (χ3n) is 4.81. The Kier molecular flexibility index (Phi) is 4.52. The number of likely N-dealkylation sites (N-methyl/N-ethyl adjacent to an activating group) is 1. The van der Waals surface area contributed by atoms with E-state index in [1.165, 1.54) is 0 Å². The van der Waals surface area contributed by atoms with Gasteiger partial charge in [-0.3, -0.25) is 4.79 Å². The van der Waals surface area contributed by atoms with Crippen molar-refractivity contribution >= 4 is 12.0 Å². The maximum absolute atomic E-state index is 12.5. The Morgan fingerprint density at radius 3 is 2.40 bits per heavy atom. The monoisotopic (exact) mass is 284 g/mol. The first-order valence-corrected chi connectivity index (χ1v) is 7.37. The highest BCUT2D eigenvalue weighted by Crippen LogP contribution is 2.28. The molecule has 114 valence electrons. The number of aliphatic hydroxyl groups is 1. The third kappa shape index (κ3) is 2.75. The van der Waals surface area contributed by atoms with Gasteiger partial charge in [-0.2, -0.15) is 0 Å². The Morgan fingerprint density at radius 1 is 1.20 bits per heavy atom. The molecule has 0 aromatic carbocycles. The van der Waals surface area contributed by atoms with Crippen molar-refractivity contribution in [1.29, 1.82) is 0 Å². The van der Waals surface area contributed by atoms with Crippen LogP contribution in [-0.2, 0) is 4.79 Å². The number of aliphatic hydroxyl groups excluding tert-OH is 1. The van der Waals surface area contributed by atoms with Crippen molar-refractivity contribution in [3.63, 3.8) is 0 Å². The van der Waals surface area contributed by atoms with E-state index in [1.54, 1.807) is 23.8 Å². The molecule has 2 amide bonds. The van der Waals surface area contributed by atoms with Crippen LogP contribution in [0, 0.1) is 5.92 Å². The Labute approximate surface area is 119 Å². The van der Waals surface area contributed by atoms with E-state index in [2.05, 4.69) is 0 Å². The molecule has 6 nitrogen and oxygen atoms in total. The van der Waals surface area contributed by atoms with Crippen LogP contribution in [0.4, 0.5) is 4.79 Å². The lowest BCUT2D eigenvalue weighted by molar-refractivity contribution is -0.142. The number of carboxylic acid groups (broad SMARTS) is 1. The lowest BCUT2D eigenvalue weighted by Gasteiger charge is -2.38. The molecule has 1 heterocycles. The molecule has 1 aliphatic heterocycles. The fraction of sp³-hybridized carbons (Fsp3) is 0.857. The highest BCUT2D eigenvalue weighted by atomic mass is 16.4. The van der Waals surface area contributed by atoms with E-state index >= 15 is 0 Å². The predicted octanol–water partition coefficient (Wildman–Crippen LogP) is 1.14. The number of hydrogen-bond acceptors (Lipinski definition) is 3. The summed E-state index contributed by atoms with van der Waals surface area (Å²) in [6.07, 6.45) is 3.60. The summed E-state index contributed by atoms with van der Waals surface area (Å²) in [6.45, 7) is 2.26. The van der Waals surface area contributed by atoms with Crippen LogP contribution >= 0.6 is 0 Å². The molecule has 0 bridgehead atoms. The molecule has 2 fully saturated rings. The summed E-state index contributed by atoms with van der Waals surface area (Å²) in [5.41, 5.74) is 0. The van der Waals surface area contributed by atoms with E-state index in [-0.39, 0.29) is 18.1 Å². The van der Waals surface area contributed by atoms with Crippen molar-refractivity contribution in [2.24, 2.45) is 5.92 Å². The highest BCUT2D eigenvalue weighted by Gasteiger charge is 2.41. The first-order valence-electron chi connectivity index (χ1n) is 7.37. The third-order valence-corrected chi connectivity index (χ3v) is 4.81. The number of hydrogen-bond donors (Lipinski definition) is 2. The molecule has 0 aromatic heterocycles. The van der Waals surface area contributed by atoms with Crippen LogP contribution in [-0.4, -0.2) is 63.8 Å². The number of likely N-dealkylation sites (tertiary alicyclic amines) is 1. The van der Waals surface area contributed by atoms with E-state index in [1.807, 2.05) is 0 Å². The Hall–Kier alpha value is -1.30. The first kappa shape index (κ1) is 15.1. The average molecular weight is 284 g/mol. The van der Waals surface area contributed by atoms with Gasteiger partial charge < -0.3 is 20.0 Å². The van der Waals surface area contributed by atoms with Gasteiger partial charge >= 0.3 is 12.0 Å². The van der Waals surface area contributed by atoms with Crippen LogP contribution in [0.1, 0.15) is 39.0 Å². The summed E-state index contributed by atoms with van der Waals surface area (Å²) in [5, 5.41) is 19.2. The fourth-order valence-electron chi connectivity index (χ4n) is 3.43. The molecule has 4 unspecified atom stereocenters. The summed E-state index contributed by atoms with van der Waals surface area (Å²) in [4.78, 5) is 26.9. The maximum Gasteiger partial charge on any atom is 0.320 e. The molecule has 1 saturated carbocycles. The zero-order valence-electron chi connectivity index (χ0n) is 12.2. The molecule has 20 heavy (non-hydrogen) atoms. The predicted molar refractivity (Wildman–Crippen MR) is 73.3 cm³/mol. The number of carbonyl (C=O) groups is 2. The SMILES string of the molecule is CC1C(C(=O)O)CCN1C(=O)N(C)C1CCCCC1O. The van der Waals surface area contributed by atoms with Crippen molar-refractivity contribution < 1.29 is 19.8 Å². The van der Waals surface area contributed by atoms with Crippen LogP contribution in [0.2, 0.25) is 0 Å². The van der Waals surface area contributed by atoms with E-state index < -0.39 is 18.0 Å². The second kappa shape index (κ2) is 5.99. The second-order valence-electron chi connectivity index (χ2n) is 5.98. The van der Waals surface area contributed by atoms with Gasteiger partial charge in [0.2, 0.25) is 0 Å². The maximum atomic E-state index is 12.5. The summed E-state index contributed by atoms with van der Waals surface area (Å²) < 4.78 is 0. The average Bonchev–Trinajstić information content (AvgIpc) is 2.79. The number of aliphatic carboxylic acids is 1. The molecule has 0 aromatic rings. The van der Waals surface area contributed by atoms with Crippen LogP contribution in [0.15, 0.2) is 0 Å².